The van der Waals surface area contributed by atoms with E-state index < -0.39 is 32.0 Å². The summed E-state index contributed by atoms with van der Waals surface area (Å²) in [5.74, 6) is -1.03. The van der Waals surface area contributed by atoms with Gasteiger partial charge in [0.25, 0.3) is 0 Å². The van der Waals surface area contributed by atoms with E-state index in [0.717, 1.165) is 18.2 Å². The first kappa shape index (κ1) is 14.7. The largest absolute Gasteiger partial charge is 0.534 e. The average Bonchev–Trinajstić information content (AvgIpc) is 2.18. The Kier molecular flexibility index (Phi) is 3.86. The quantitative estimate of drug-likeness (QED) is 0.362. The molecule has 0 aliphatic carbocycles. The van der Waals surface area contributed by atoms with Crippen molar-refractivity contribution in [3.8, 4) is 5.75 Å². The van der Waals surface area contributed by atoms with Crippen molar-refractivity contribution < 1.29 is 30.7 Å². The number of nitro groups is 1. The molecule has 1 aromatic rings. The Morgan fingerprint density at radius 1 is 1.33 bits per heavy atom. The third-order valence-electron chi connectivity index (χ3n) is 1.62. The smallest absolute Gasteiger partial charge is 0.367 e. The molecule has 6 nitrogen and oxygen atoms in total. The molecule has 0 fully saturated rings. The van der Waals surface area contributed by atoms with Crippen molar-refractivity contribution in [2.24, 2.45) is 0 Å². The molecule has 0 radical (unpaired) electrons. The van der Waals surface area contributed by atoms with E-state index in [1.807, 2.05) is 0 Å². The Morgan fingerprint density at radius 3 is 2.33 bits per heavy atom. The van der Waals surface area contributed by atoms with Gasteiger partial charge in [0.15, 0.2) is 0 Å². The summed E-state index contributed by atoms with van der Waals surface area (Å²) in [7, 11) is -5.96. The molecule has 0 unspecified atom stereocenters. The number of hydrogen-bond donors (Lipinski definition) is 0. The number of para-hydroxylation sites is 1. The minimum absolute atomic E-state index is 0.287. The lowest BCUT2D eigenvalue weighted by molar-refractivity contribution is -0.385. The summed E-state index contributed by atoms with van der Waals surface area (Å²) in [6, 6.07) is 3.06. The van der Waals surface area contributed by atoms with Crippen molar-refractivity contribution in [3.05, 3.63) is 32.8 Å². The van der Waals surface area contributed by atoms with Gasteiger partial charge >= 0.3 is 21.3 Å². The molecule has 0 aromatic heterocycles. The van der Waals surface area contributed by atoms with E-state index in [-0.39, 0.29) is 4.47 Å². The summed E-state index contributed by atoms with van der Waals surface area (Å²) in [6.07, 6.45) is 0. The third kappa shape index (κ3) is 2.90. The zero-order valence-corrected chi connectivity index (χ0v) is 10.5. The number of alkyl halides is 3. The van der Waals surface area contributed by atoms with Crippen molar-refractivity contribution in [2.75, 3.05) is 0 Å². The molecule has 0 bridgehead atoms. The molecule has 0 amide bonds. The summed E-state index contributed by atoms with van der Waals surface area (Å²) >= 11 is 2.67. The van der Waals surface area contributed by atoms with Crippen LogP contribution in [0.3, 0.4) is 0 Å². The van der Waals surface area contributed by atoms with E-state index in [2.05, 4.69) is 20.1 Å². The molecule has 1 aromatic carbocycles. The van der Waals surface area contributed by atoms with Gasteiger partial charge in [0.2, 0.25) is 5.75 Å². The Balaban J connectivity index is 3.33. The van der Waals surface area contributed by atoms with Gasteiger partial charge in [-0.15, -0.1) is 0 Å². The van der Waals surface area contributed by atoms with Gasteiger partial charge < -0.3 is 4.18 Å². The lowest BCUT2D eigenvalue weighted by atomic mass is 10.3. The molecule has 100 valence electrons. The molecular formula is C7H3BrF3NO5S. The Morgan fingerprint density at radius 2 is 1.89 bits per heavy atom. The van der Waals surface area contributed by atoms with Crippen LogP contribution in [0, 0.1) is 10.1 Å². The number of nitro benzene ring substituents is 1. The van der Waals surface area contributed by atoms with E-state index in [1.54, 1.807) is 0 Å². The molecule has 0 saturated carbocycles. The predicted octanol–water partition coefficient (Wildman–Crippen LogP) is 2.59. The fourth-order valence-electron chi connectivity index (χ4n) is 0.881. The predicted molar refractivity (Wildman–Crippen MR) is 56.4 cm³/mol. The molecular weight excluding hydrogens is 347 g/mol. The number of benzene rings is 1. The first-order valence-electron chi connectivity index (χ1n) is 4.00. The zero-order chi connectivity index (χ0) is 14.1. The van der Waals surface area contributed by atoms with Crippen molar-refractivity contribution in [3.63, 3.8) is 0 Å². The minimum atomic E-state index is -5.96. The van der Waals surface area contributed by atoms with Crippen molar-refractivity contribution in [1.82, 2.24) is 0 Å². The van der Waals surface area contributed by atoms with Gasteiger partial charge in [-0.25, -0.2) is 0 Å². The highest BCUT2D eigenvalue weighted by Crippen LogP contribution is 2.38. The van der Waals surface area contributed by atoms with Gasteiger partial charge in [-0.1, -0.05) is 6.07 Å². The fraction of sp³-hybridized carbons (Fsp3) is 0.143. The summed E-state index contributed by atoms with van der Waals surface area (Å²) in [5.41, 5.74) is -6.58. The van der Waals surface area contributed by atoms with Crippen LogP contribution in [0.15, 0.2) is 22.7 Å². The normalized spacial score (nSPS) is 12.2. The lowest BCUT2D eigenvalue weighted by Crippen LogP contribution is -2.28. The van der Waals surface area contributed by atoms with Crippen molar-refractivity contribution in [1.29, 1.82) is 0 Å². The molecule has 1 rings (SSSR count). The van der Waals surface area contributed by atoms with E-state index in [4.69, 9.17) is 0 Å². The minimum Gasteiger partial charge on any atom is -0.367 e. The molecule has 0 saturated heterocycles. The van der Waals surface area contributed by atoms with Crippen LogP contribution in [-0.2, 0) is 10.1 Å². The van der Waals surface area contributed by atoms with Gasteiger partial charge in [0, 0.05) is 6.07 Å². The molecule has 0 N–H and O–H groups in total. The number of hydrogen-bond acceptors (Lipinski definition) is 5. The molecule has 18 heavy (non-hydrogen) atoms. The highest BCUT2D eigenvalue weighted by molar-refractivity contribution is 9.10. The van der Waals surface area contributed by atoms with Crippen LogP contribution in [0.1, 0.15) is 0 Å². The molecule has 0 heterocycles. The zero-order valence-electron chi connectivity index (χ0n) is 8.14. The first-order chi connectivity index (χ1) is 8.06. The van der Waals surface area contributed by atoms with Gasteiger partial charge in [0.1, 0.15) is 0 Å². The van der Waals surface area contributed by atoms with Crippen LogP contribution in [-0.4, -0.2) is 18.8 Å². The van der Waals surface area contributed by atoms with Gasteiger partial charge in [-0.05, 0) is 22.0 Å². The first-order valence-corrected chi connectivity index (χ1v) is 6.20. The van der Waals surface area contributed by atoms with Crippen LogP contribution in [0.4, 0.5) is 18.9 Å². The third-order valence-corrected chi connectivity index (χ3v) is 3.20. The molecule has 0 spiro atoms. The van der Waals surface area contributed by atoms with Gasteiger partial charge in [-0.3, -0.25) is 10.1 Å². The van der Waals surface area contributed by atoms with Gasteiger partial charge in [0.05, 0.1) is 9.40 Å². The topological polar surface area (TPSA) is 86.5 Å². The Labute approximate surface area is 107 Å². The molecule has 0 aliphatic rings. The monoisotopic (exact) mass is 349 g/mol. The van der Waals surface area contributed by atoms with Crippen molar-refractivity contribution >= 4 is 31.7 Å². The summed E-state index contributed by atoms with van der Waals surface area (Å²) in [5, 5.41) is 10.5. The maximum Gasteiger partial charge on any atom is 0.534 e. The highest BCUT2D eigenvalue weighted by Gasteiger charge is 2.49. The van der Waals surface area contributed by atoms with E-state index in [1.165, 1.54) is 0 Å². The van der Waals surface area contributed by atoms with Gasteiger partial charge in [-0.2, -0.15) is 21.6 Å². The lowest BCUT2D eigenvalue weighted by Gasteiger charge is -2.10. The number of halogens is 4. The maximum absolute atomic E-state index is 12.1. The molecule has 0 atom stereocenters. The second kappa shape index (κ2) is 4.72. The second-order valence-corrected chi connectivity index (χ2v) is 5.22. The van der Waals surface area contributed by atoms with Crippen LogP contribution < -0.4 is 4.18 Å². The van der Waals surface area contributed by atoms with E-state index in [9.17, 15) is 31.7 Å². The molecule has 0 aliphatic heterocycles. The van der Waals surface area contributed by atoms with Crippen LogP contribution >= 0.6 is 15.9 Å². The summed E-state index contributed by atoms with van der Waals surface area (Å²) in [6.45, 7) is 0. The van der Waals surface area contributed by atoms with Crippen LogP contribution in [0.25, 0.3) is 0 Å². The summed E-state index contributed by atoms with van der Waals surface area (Å²) < 4.78 is 61.2. The number of nitrogens with zero attached hydrogens (tertiary/aromatic N) is 1. The fourth-order valence-corrected chi connectivity index (χ4v) is 1.91. The number of rotatable bonds is 3. The van der Waals surface area contributed by atoms with E-state index >= 15 is 0 Å². The van der Waals surface area contributed by atoms with E-state index in [0.29, 0.717) is 0 Å². The standard InChI is InChI=1S/C7H3BrF3NO5S/c8-4-2-1-3-5(12(13)14)6(4)17-18(15,16)7(9,10)11/h1-3H. The average molecular weight is 350 g/mol. The summed E-state index contributed by atoms with van der Waals surface area (Å²) in [4.78, 5) is 9.47. The maximum atomic E-state index is 12.1. The Bertz CT molecular complexity index is 585. The molecule has 11 heteroatoms. The van der Waals surface area contributed by atoms with Crippen LogP contribution in [0.2, 0.25) is 0 Å². The highest BCUT2D eigenvalue weighted by atomic mass is 79.9. The SMILES string of the molecule is O=[N+]([O-])c1cccc(Br)c1OS(=O)(=O)C(F)(F)F. The second-order valence-electron chi connectivity index (χ2n) is 2.83. The Hall–Kier alpha value is -1.36. The van der Waals surface area contributed by atoms with Crippen molar-refractivity contribution in [2.45, 2.75) is 5.51 Å². The van der Waals surface area contributed by atoms with Crippen LogP contribution in [0.5, 0.6) is 5.75 Å².